The van der Waals surface area contributed by atoms with E-state index in [9.17, 15) is 0 Å². The van der Waals surface area contributed by atoms with E-state index in [1.54, 1.807) is 0 Å². The van der Waals surface area contributed by atoms with E-state index in [-0.39, 0.29) is 0 Å². The molecular weight excluding hydrogens is 679 g/mol. The molecule has 10 aromatic rings. The first-order chi connectivity index (χ1) is 27.7. The molecule has 1 heterocycles. The highest BCUT2D eigenvalue weighted by atomic mass is 16.3. The number of benzene rings is 9. The normalized spacial score (nSPS) is 11.2. The minimum atomic E-state index is 0.868. The number of nitrogens with zero attached hydrogens (tertiary/aromatic N) is 1. The van der Waals surface area contributed by atoms with Crippen LogP contribution in [0.2, 0.25) is 0 Å². The van der Waals surface area contributed by atoms with Crippen molar-refractivity contribution in [2.45, 2.75) is 0 Å². The van der Waals surface area contributed by atoms with Crippen molar-refractivity contribution in [3.8, 4) is 55.8 Å². The van der Waals surface area contributed by atoms with Crippen LogP contribution in [0.4, 0.5) is 17.1 Å². The van der Waals surface area contributed by atoms with E-state index < -0.39 is 0 Å². The van der Waals surface area contributed by atoms with Crippen LogP contribution in [-0.4, -0.2) is 0 Å². The van der Waals surface area contributed by atoms with Gasteiger partial charge in [-0.05, 0) is 110 Å². The zero-order valence-corrected chi connectivity index (χ0v) is 30.7. The van der Waals surface area contributed by atoms with Crippen molar-refractivity contribution >= 4 is 38.8 Å². The van der Waals surface area contributed by atoms with Crippen LogP contribution in [0.15, 0.2) is 229 Å². The molecule has 0 spiro atoms. The second-order valence-electron chi connectivity index (χ2n) is 14.1. The van der Waals surface area contributed by atoms with Crippen LogP contribution < -0.4 is 4.90 Å². The van der Waals surface area contributed by atoms with Crippen molar-refractivity contribution in [1.82, 2.24) is 0 Å². The number of hydrogen-bond acceptors (Lipinski definition) is 2. The zero-order valence-electron chi connectivity index (χ0n) is 30.7. The minimum absolute atomic E-state index is 0.868. The number of hydrogen-bond donors (Lipinski definition) is 0. The van der Waals surface area contributed by atoms with Crippen molar-refractivity contribution in [2.24, 2.45) is 0 Å². The number of furan rings is 1. The number of para-hydroxylation sites is 1. The summed E-state index contributed by atoms with van der Waals surface area (Å²) in [5.41, 5.74) is 14.7. The topological polar surface area (TPSA) is 16.4 Å². The van der Waals surface area contributed by atoms with Gasteiger partial charge in [0.15, 0.2) is 0 Å². The molecule has 56 heavy (non-hydrogen) atoms. The van der Waals surface area contributed by atoms with Crippen molar-refractivity contribution < 1.29 is 4.42 Å². The second-order valence-corrected chi connectivity index (χ2v) is 14.1. The van der Waals surface area contributed by atoms with Gasteiger partial charge in [-0.15, -0.1) is 0 Å². The Labute approximate surface area is 327 Å². The van der Waals surface area contributed by atoms with Gasteiger partial charge in [-0.3, -0.25) is 0 Å². The van der Waals surface area contributed by atoms with E-state index in [0.717, 1.165) is 50.5 Å². The van der Waals surface area contributed by atoms with E-state index >= 15 is 0 Å². The lowest BCUT2D eigenvalue weighted by atomic mass is 9.94. The van der Waals surface area contributed by atoms with E-state index in [1.165, 1.54) is 44.2 Å². The van der Waals surface area contributed by atoms with Crippen LogP contribution in [-0.2, 0) is 0 Å². The Morgan fingerprint density at radius 3 is 1.29 bits per heavy atom. The Kier molecular flexibility index (Phi) is 8.55. The highest BCUT2D eigenvalue weighted by Crippen LogP contribution is 2.41. The maximum absolute atomic E-state index is 6.32. The molecule has 0 aliphatic heterocycles. The molecule has 0 radical (unpaired) electrons. The van der Waals surface area contributed by atoms with E-state index in [0.29, 0.717) is 0 Å². The van der Waals surface area contributed by atoms with Crippen LogP contribution in [0.25, 0.3) is 77.6 Å². The largest absolute Gasteiger partial charge is 0.456 e. The molecule has 0 aliphatic carbocycles. The maximum atomic E-state index is 6.32. The summed E-state index contributed by atoms with van der Waals surface area (Å²) in [4.78, 5) is 2.34. The van der Waals surface area contributed by atoms with Gasteiger partial charge in [0.05, 0.1) is 0 Å². The fourth-order valence-corrected chi connectivity index (χ4v) is 7.87. The first kappa shape index (κ1) is 33.2. The lowest BCUT2D eigenvalue weighted by Crippen LogP contribution is -2.09. The highest BCUT2D eigenvalue weighted by Gasteiger charge is 2.17. The molecule has 2 heteroatoms. The van der Waals surface area contributed by atoms with Crippen LogP contribution in [0.1, 0.15) is 0 Å². The van der Waals surface area contributed by atoms with E-state index in [4.69, 9.17) is 4.42 Å². The fraction of sp³-hybridized carbons (Fsp3) is 0. The van der Waals surface area contributed by atoms with Gasteiger partial charge in [0.1, 0.15) is 11.3 Å². The third-order valence-corrected chi connectivity index (χ3v) is 10.7. The van der Waals surface area contributed by atoms with Crippen molar-refractivity contribution in [3.05, 3.63) is 224 Å². The van der Waals surface area contributed by atoms with Gasteiger partial charge in [-0.2, -0.15) is 0 Å². The van der Waals surface area contributed by atoms with Crippen molar-refractivity contribution in [1.29, 1.82) is 0 Å². The predicted molar refractivity (Wildman–Crippen MR) is 236 cm³/mol. The summed E-state index contributed by atoms with van der Waals surface area (Å²) in [6, 6.07) is 80.0. The SMILES string of the molecule is c1ccc(-c2ccccc2-c2ccc(N(c3ccc(-c4ccc5ccccc5c4)cc3)c3ccc(-c4ccccc4-c4cc5ccccc5o4)cc3)cc2)cc1. The van der Waals surface area contributed by atoms with Crippen LogP contribution in [0, 0.1) is 0 Å². The van der Waals surface area contributed by atoms with Gasteiger partial charge >= 0.3 is 0 Å². The van der Waals surface area contributed by atoms with Gasteiger partial charge in [0, 0.05) is 28.0 Å². The number of fused-ring (bicyclic) bond motifs is 2. The quantitative estimate of drug-likeness (QED) is 0.156. The molecule has 0 fully saturated rings. The first-order valence-electron chi connectivity index (χ1n) is 19.1. The highest BCUT2D eigenvalue weighted by molar-refractivity contribution is 5.91. The molecule has 0 N–H and O–H groups in total. The summed E-state index contributed by atoms with van der Waals surface area (Å²) >= 11 is 0. The summed E-state index contributed by atoms with van der Waals surface area (Å²) in [5.74, 6) is 0.868. The van der Waals surface area contributed by atoms with E-state index in [2.05, 4.69) is 211 Å². The summed E-state index contributed by atoms with van der Waals surface area (Å²) in [6.07, 6.45) is 0. The van der Waals surface area contributed by atoms with Crippen molar-refractivity contribution in [3.63, 3.8) is 0 Å². The average Bonchev–Trinajstić information content (AvgIpc) is 3.72. The predicted octanol–water partition coefficient (Wildman–Crippen LogP) is 15.4. The number of rotatable bonds is 8. The van der Waals surface area contributed by atoms with E-state index in [1.807, 2.05) is 18.2 Å². The molecule has 0 bridgehead atoms. The van der Waals surface area contributed by atoms with Gasteiger partial charge in [-0.1, -0.05) is 170 Å². The summed E-state index contributed by atoms with van der Waals surface area (Å²) in [5, 5.41) is 3.59. The second kappa shape index (κ2) is 14.4. The number of anilines is 3. The average molecular weight is 716 g/mol. The molecular formula is C54H37NO. The molecule has 10 rings (SSSR count). The van der Waals surface area contributed by atoms with Crippen LogP contribution in [0.5, 0.6) is 0 Å². The molecule has 0 amide bonds. The molecule has 0 atom stereocenters. The third-order valence-electron chi connectivity index (χ3n) is 10.7. The Morgan fingerprint density at radius 2 is 0.696 bits per heavy atom. The lowest BCUT2D eigenvalue weighted by molar-refractivity contribution is 0.632. The van der Waals surface area contributed by atoms with Gasteiger partial charge < -0.3 is 9.32 Å². The summed E-state index contributed by atoms with van der Waals surface area (Å²) in [7, 11) is 0. The lowest BCUT2D eigenvalue weighted by Gasteiger charge is -2.26. The standard InChI is InChI=1S/C54H37NO/c1-2-13-40(14-3-1)49-17-7-8-18-50(49)41-26-32-47(33-27-41)55(46-30-24-39(25-31-46)44-23-22-38-12-4-5-15-43(38)36-44)48-34-28-42(29-35-48)51-19-9-10-20-52(51)54-37-45-16-6-11-21-53(45)56-54/h1-37H. The smallest absolute Gasteiger partial charge is 0.136 e. The van der Waals surface area contributed by atoms with Gasteiger partial charge in [-0.25, -0.2) is 0 Å². The Bertz CT molecular complexity index is 2910. The van der Waals surface area contributed by atoms with Gasteiger partial charge in [0.25, 0.3) is 0 Å². The fourth-order valence-electron chi connectivity index (χ4n) is 7.87. The monoisotopic (exact) mass is 715 g/mol. The Balaban J connectivity index is 1.03. The molecule has 1 aromatic heterocycles. The minimum Gasteiger partial charge on any atom is -0.456 e. The van der Waals surface area contributed by atoms with Crippen LogP contribution >= 0.6 is 0 Å². The molecule has 9 aromatic carbocycles. The van der Waals surface area contributed by atoms with Crippen LogP contribution in [0.3, 0.4) is 0 Å². The molecule has 2 nitrogen and oxygen atoms in total. The Hall–Kier alpha value is -7.42. The maximum Gasteiger partial charge on any atom is 0.136 e. The molecule has 264 valence electrons. The summed E-state index contributed by atoms with van der Waals surface area (Å²) < 4.78 is 6.32. The van der Waals surface area contributed by atoms with Crippen molar-refractivity contribution in [2.75, 3.05) is 4.90 Å². The zero-order chi connectivity index (χ0) is 37.3. The molecule has 0 aliphatic rings. The Morgan fingerprint density at radius 1 is 0.268 bits per heavy atom. The molecule has 0 unspecified atom stereocenters. The van der Waals surface area contributed by atoms with Gasteiger partial charge in [0.2, 0.25) is 0 Å². The molecule has 0 saturated heterocycles. The summed E-state index contributed by atoms with van der Waals surface area (Å²) in [6.45, 7) is 0. The molecule has 0 saturated carbocycles. The first-order valence-corrected chi connectivity index (χ1v) is 19.1. The third kappa shape index (κ3) is 6.34.